The van der Waals surface area contributed by atoms with Crippen LogP contribution in [0.15, 0.2) is 0 Å². The number of nitrogens with zero attached hydrogens (tertiary/aromatic N) is 1. The minimum atomic E-state index is 0.917. The second-order valence-corrected chi connectivity index (χ2v) is 3.58. The van der Waals surface area contributed by atoms with Gasteiger partial charge in [-0.1, -0.05) is 27.7 Å². The molecule has 2 nitrogen and oxygen atoms in total. The van der Waals surface area contributed by atoms with Crippen LogP contribution >= 0.6 is 0 Å². The molecule has 1 rings (SSSR count). The Morgan fingerprint density at radius 3 is 1.31 bits per heavy atom. The standard InChI is InChI=1S/C7H15N.C2H6O.C2H6/c1-6-4-8(3)5-7(6)2;1-3-2;1-2/h6-7H,4-5H2,1-3H3;1-2H3;1-2H3. The summed E-state index contributed by atoms with van der Waals surface area (Å²) >= 11 is 0. The first-order valence-corrected chi connectivity index (χ1v) is 5.20. The van der Waals surface area contributed by atoms with Crippen LogP contribution in [-0.2, 0) is 4.74 Å². The van der Waals surface area contributed by atoms with Crippen molar-refractivity contribution in [2.45, 2.75) is 27.7 Å². The van der Waals surface area contributed by atoms with Crippen molar-refractivity contribution in [1.82, 2.24) is 4.90 Å². The molecule has 0 N–H and O–H groups in total. The second kappa shape index (κ2) is 10.0. The van der Waals surface area contributed by atoms with Crippen LogP contribution in [0.4, 0.5) is 0 Å². The fourth-order valence-corrected chi connectivity index (χ4v) is 1.42. The summed E-state index contributed by atoms with van der Waals surface area (Å²) in [5.74, 6) is 1.83. The maximum absolute atomic E-state index is 4.25. The molecular weight excluding hydrogens is 162 g/mol. The van der Waals surface area contributed by atoms with E-state index in [1.54, 1.807) is 14.2 Å². The van der Waals surface area contributed by atoms with Gasteiger partial charge < -0.3 is 9.64 Å². The molecule has 0 radical (unpaired) electrons. The molecular formula is C11H27NO. The van der Waals surface area contributed by atoms with Crippen molar-refractivity contribution in [2.75, 3.05) is 34.4 Å². The van der Waals surface area contributed by atoms with E-state index in [2.05, 4.69) is 30.5 Å². The minimum Gasteiger partial charge on any atom is -0.388 e. The summed E-state index contributed by atoms with van der Waals surface area (Å²) in [6, 6.07) is 0. The summed E-state index contributed by atoms with van der Waals surface area (Å²) < 4.78 is 4.25. The number of hydrogen-bond donors (Lipinski definition) is 0. The van der Waals surface area contributed by atoms with Crippen molar-refractivity contribution in [3.8, 4) is 0 Å². The topological polar surface area (TPSA) is 12.5 Å². The SMILES string of the molecule is CC.CC1CN(C)CC1C.COC. The Kier molecular flexibility index (Phi) is 11.8. The zero-order valence-corrected chi connectivity index (χ0v) is 10.4. The first-order valence-electron chi connectivity index (χ1n) is 5.20. The lowest BCUT2D eigenvalue weighted by atomic mass is 10.0. The molecule has 0 amide bonds. The summed E-state index contributed by atoms with van der Waals surface area (Å²) in [7, 11) is 5.44. The Hall–Kier alpha value is -0.0800. The third-order valence-corrected chi connectivity index (χ3v) is 2.17. The Bertz CT molecular complexity index is 86.1. The molecule has 82 valence electrons. The van der Waals surface area contributed by atoms with Gasteiger partial charge in [-0.25, -0.2) is 0 Å². The highest BCUT2D eigenvalue weighted by atomic mass is 16.4. The molecule has 2 atom stereocenters. The van der Waals surface area contributed by atoms with E-state index < -0.39 is 0 Å². The monoisotopic (exact) mass is 189 g/mol. The number of methoxy groups -OCH3 is 1. The van der Waals surface area contributed by atoms with Crippen molar-refractivity contribution < 1.29 is 4.74 Å². The lowest BCUT2D eigenvalue weighted by molar-refractivity contribution is 0.277. The average molecular weight is 189 g/mol. The van der Waals surface area contributed by atoms with Crippen LogP contribution in [0.2, 0.25) is 0 Å². The van der Waals surface area contributed by atoms with E-state index in [4.69, 9.17) is 0 Å². The number of likely N-dealkylation sites (tertiary alicyclic amines) is 1. The quantitative estimate of drug-likeness (QED) is 0.580. The van der Waals surface area contributed by atoms with Gasteiger partial charge in [0.1, 0.15) is 0 Å². The molecule has 0 saturated carbocycles. The second-order valence-electron chi connectivity index (χ2n) is 3.58. The van der Waals surface area contributed by atoms with E-state index in [1.165, 1.54) is 13.1 Å². The van der Waals surface area contributed by atoms with Crippen molar-refractivity contribution >= 4 is 0 Å². The molecule has 13 heavy (non-hydrogen) atoms. The molecule has 0 aromatic heterocycles. The van der Waals surface area contributed by atoms with E-state index >= 15 is 0 Å². The van der Waals surface area contributed by atoms with Crippen molar-refractivity contribution in [3.05, 3.63) is 0 Å². The van der Waals surface area contributed by atoms with E-state index in [-0.39, 0.29) is 0 Å². The summed E-state index contributed by atoms with van der Waals surface area (Å²) in [4.78, 5) is 2.40. The molecule has 0 aliphatic carbocycles. The Morgan fingerprint density at radius 1 is 1.00 bits per heavy atom. The fourth-order valence-electron chi connectivity index (χ4n) is 1.42. The normalized spacial score (nSPS) is 27.0. The summed E-state index contributed by atoms with van der Waals surface area (Å²) in [6.07, 6.45) is 0. The fraction of sp³-hybridized carbons (Fsp3) is 1.00. The molecule has 0 aromatic rings. The van der Waals surface area contributed by atoms with E-state index in [1.807, 2.05) is 13.8 Å². The predicted molar refractivity (Wildman–Crippen MR) is 60.1 cm³/mol. The van der Waals surface area contributed by atoms with Crippen LogP contribution in [-0.4, -0.2) is 39.3 Å². The van der Waals surface area contributed by atoms with Gasteiger partial charge in [-0.05, 0) is 18.9 Å². The average Bonchev–Trinajstić information content (AvgIpc) is 2.35. The number of hydrogen-bond acceptors (Lipinski definition) is 2. The summed E-state index contributed by atoms with van der Waals surface area (Å²) in [5.41, 5.74) is 0. The van der Waals surface area contributed by atoms with Crippen LogP contribution in [0.25, 0.3) is 0 Å². The van der Waals surface area contributed by atoms with Gasteiger partial charge in [0.15, 0.2) is 0 Å². The third kappa shape index (κ3) is 8.26. The predicted octanol–water partition coefficient (Wildman–Crippen LogP) is 2.49. The number of ether oxygens (including phenoxy) is 1. The van der Waals surface area contributed by atoms with Crippen molar-refractivity contribution in [2.24, 2.45) is 11.8 Å². The smallest absolute Gasteiger partial charge is 0.0351 e. The van der Waals surface area contributed by atoms with Gasteiger partial charge >= 0.3 is 0 Å². The van der Waals surface area contributed by atoms with Gasteiger partial charge in [0.05, 0.1) is 0 Å². The van der Waals surface area contributed by atoms with Gasteiger partial charge in [-0.15, -0.1) is 0 Å². The molecule has 0 bridgehead atoms. The summed E-state index contributed by atoms with van der Waals surface area (Å²) in [5, 5.41) is 0. The van der Waals surface area contributed by atoms with Crippen molar-refractivity contribution in [1.29, 1.82) is 0 Å². The van der Waals surface area contributed by atoms with Crippen molar-refractivity contribution in [3.63, 3.8) is 0 Å². The highest BCUT2D eigenvalue weighted by molar-refractivity contribution is 4.75. The summed E-state index contributed by atoms with van der Waals surface area (Å²) in [6.45, 7) is 11.2. The molecule has 0 spiro atoms. The van der Waals surface area contributed by atoms with E-state index in [0.29, 0.717) is 0 Å². The maximum Gasteiger partial charge on any atom is 0.0351 e. The molecule has 2 unspecified atom stereocenters. The van der Waals surface area contributed by atoms with Gasteiger partial charge in [0.2, 0.25) is 0 Å². The van der Waals surface area contributed by atoms with Gasteiger partial charge in [-0.2, -0.15) is 0 Å². The largest absolute Gasteiger partial charge is 0.388 e. The lowest BCUT2D eigenvalue weighted by Gasteiger charge is -2.03. The zero-order chi connectivity index (χ0) is 10.9. The van der Waals surface area contributed by atoms with Crippen LogP contribution in [0, 0.1) is 11.8 Å². The first kappa shape index (κ1) is 15.4. The highest BCUT2D eigenvalue weighted by Crippen LogP contribution is 2.19. The Balaban J connectivity index is 0. The van der Waals surface area contributed by atoms with Crippen LogP contribution in [0.1, 0.15) is 27.7 Å². The Labute approximate surface area is 84.3 Å². The molecule has 1 aliphatic heterocycles. The van der Waals surface area contributed by atoms with Gasteiger partial charge in [-0.3, -0.25) is 0 Å². The molecule has 1 fully saturated rings. The van der Waals surface area contributed by atoms with Gasteiger partial charge in [0, 0.05) is 27.3 Å². The van der Waals surface area contributed by atoms with E-state index in [9.17, 15) is 0 Å². The number of rotatable bonds is 0. The first-order chi connectivity index (χ1) is 6.11. The Morgan fingerprint density at radius 2 is 1.23 bits per heavy atom. The van der Waals surface area contributed by atoms with E-state index in [0.717, 1.165) is 11.8 Å². The molecule has 1 heterocycles. The molecule has 2 heteroatoms. The highest BCUT2D eigenvalue weighted by Gasteiger charge is 2.22. The van der Waals surface area contributed by atoms with Gasteiger partial charge in [0.25, 0.3) is 0 Å². The molecule has 1 saturated heterocycles. The van der Waals surface area contributed by atoms with Crippen LogP contribution in [0.3, 0.4) is 0 Å². The van der Waals surface area contributed by atoms with Crippen LogP contribution < -0.4 is 0 Å². The zero-order valence-electron chi connectivity index (χ0n) is 10.4. The molecule has 1 aliphatic rings. The van der Waals surface area contributed by atoms with Crippen LogP contribution in [0.5, 0.6) is 0 Å². The maximum atomic E-state index is 4.25. The molecule has 0 aromatic carbocycles. The third-order valence-electron chi connectivity index (χ3n) is 2.17. The minimum absolute atomic E-state index is 0.917. The lowest BCUT2D eigenvalue weighted by Crippen LogP contribution is -2.13.